The quantitative estimate of drug-likeness (QED) is 0.853. The molecule has 17 heavy (non-hydrogen) atoms. The van der Waals surface area contributed by atoms with Gasteiger partial charge in [0.05, 0.1) is 23.9 Å². The van der Waals surface area contributed by atoms with E-state index in [0.29, 0.717) is 17.3 Å². The van der Waals surface area contributed by atoms with Crippen molar-refractivity contribution in [3.63, 3.8) is 0 Å². The molecule has 2 rings (SSSR count). The average Bonchev–Trinajstić information content (AvgIpc) is 2.73. The molecule has 0 aliphatic carbocycles. The van der Waals surface area contributed by atoms with E-state index in [1.54, 1.807) is 10.7 Å². The maximum Gasteiger partial charge on any atom is 0.104 e. The number of nitrogens with two attached hydrogens (primary N) is 1. The first-order chi connectivity index (χ1) is 8.27. The predicted molar refractivity (Wildman–Crippen MR) is 65.4 cm³/mol. The van der Waals surface area contributed by atoms with Gasteiger partial charge in [0.1, 0.15) is 5.69 Å². The minimum Gasteiger partial charge on any atom is -0.394 e. The third-order valence-corrected chi connectivity index (χ3v) is 2.77. The third-order valence-electron chi connectivity index (χ3n) is 2.44. The first-order valence-corrected chi connectivity index (χ1v) is 5.64. The lowest BCUT2D eigenvalue weighted by Gasteiger charge is -2.08. The number of hydrogen-bond acceptors (Lipinski definition) is 4. The Labute approximate surface area is 104 Å². The van der Waals surface area contributed by atoms with Gasteiger partial charge < -0.3 is 10.8 Å². The molecule has 6 heteroatoms. The van der Waals surface area contributed by atoms with Crippen LogP contribution >= 0.6 is 11.6 Å². The zero-order chi connectivity index (χ0) is 12.3. The number of nitrogens with zero attached hydrogens (tertiary/aromatic N) is 3. The maximum absolute atomic E-state index is 8.99. The summed E-state index contributed by atoms with van der Waals surface area (Å²) in [5.41, 5.74) is 7.90. The summed E-state index contributed by atoms with van der Waals surface area (Å²) in [6, 6.07) is 7.42. The monoisotopic (exact) mass is 252 g/mol. The van der Waals surface area contributed by atoms with Crippen molar-refractivity contribution in [2.24, 2.45) is 5.73 Å². The van der Waals surface area contributed by atoms with E-state index in [2.05, 4.69) is 10.3 Å². The Morgan fingerprint density at radius 3 is 2.76 bits per heavy atom. The van der Waals surface area contributed by atoms with Crippen molar-refractivity contribution in [1.29, 1.82) is 0 Å². The molecule has 0 aliphatic rings. The van der Waals surface area contributed by atoms with Gasteiger partial charge in [0.2, 0.25) is 0 Å². The number of benzene rings is 1. The highest BCUT2D eigenvalue weighted by Crippen LogP contribution is 2.29. The van der Waals surface area contributed by atoms with E-state index >= 15 is 0 Å². The summed E-state index contributed by atoms with van der Waals surface area (Å²) in [6.07, 6.45) is 0. The lowest BCUT2D eigenvalue weighted by atomic mass is 10.1. The van der Waals surface area contributed by atoms with Gasteiger partial charge in [-0.1, -0.05) is 35.0 Å². The molecule has 0 radical (unpaired) electrons. The van der Waals surface area contributed by atoms with Gasteiger partial charge in [-0.15, -0.1) is 5.10 Å². The molecule has 0 unspecified atom stereocenters. The van der Waals surface area contributed by atoms with Crippen molar-refractivity contribution in [1.82, 2.24) is 15.0 Å². The SMILES string of the molecule is NCc1nnn(CCO)c1-c1ccccc1Cl. The molecule has 0 aliphatic heterocycles. The Morgan fingerprint density at radius 1 is 1.35 bits per heavy atom. The van der Waals surface area contributed by atoms with Gasteiger partial charge in [-0.25, -0.2) is 4.68 Å². The minimum atomic E-state index is -0.00910. The summed E-state index contributed by atoms with van der Waals surface area (Å²) in [7, 11) is 0. The van der Waals surface area contributed by atoms with E-state index in [0.717, 1.165) is 11.3 Å². The summed E-state index contributed by atoms with van der Waals surface area (Å²) in [6.45, 7) is 0.643. The number of hydrogen-bond donors (Lipinski definition) is 2. The molecule has 0 amide bonds. The topological polar surface area (TPSA) is 77.0 Å². The molecule has 0 saturated heterocycles. The average molecular weight is 253 g/mol. The second-order valence-electron chi connectivity index (χ2n) is 3.52. The molecule has 90 valence electrons. The number of halogens is 1. The molecule has 0 atom stereocenters. The molecule has 3 N–H and O–H groups in total. The second kappa shape index (κ2) is 5.27. The Hall–Kier alpha value is -1.43. The van der Waals surface area contributed by atoms with Gasteiger partial charge in [0.15, 0.2) is 0 Å². The van der Waals surface area contributed by atoms with Gasteiger partial charge in [-0.05, 0) is 6.07 Å². The van der Waals surface area contributed by atoms with E-state index < -0.39 is 0 Å². The summed E-state index contributed by atoms with van der Waals surface area (Å²) in [5, 5.41) is 17.6. The van der Waals surface area contributed by atoms with Gasteiger partial charge in [-0.3, -0.25) is 0 Å². The molecular formula is C11H13ClN4O. The van der Waals surface area contributed by atoms with Gasteiger partial charge in [0.25, 0.3) is 0 Å². The Bertz CT molecular complexity index is 512. The smallest absolute Gasteiger partial charge is 0.104 e. The van der Waals surface area contributed by atoms with Gasteiger partial charge in [-0.2, -0.15) is 0 Å². The lowest BCUT2D eigenvalue weighted by Crippen LogP contribution is -2.07. The van der Waals surface area contributed by atoms with Gasteiger partial charge in [0, 0.05) is 12.1 Å². The van der Waals surface area contributed by atoms with Crippen LogP contribution in [0.15, 0.2) is 24.3 Å². The second-order valence-corrected chi connectivity index (χ2v) is 3.92. The van der Waals surface area contributed by atoms with Crippen molar-refractivity contribution >= 4 is 11.6 Å². The zero-order valence-corrected chi connectivity index (χ0v) is 9.93. The van der Waals surface area contributed by atoms with E-state index in [-0.39, 0.29) is 13.2 Å². The third kappa shape index (κ3) is 2.31. The fourth-order valence-corrected chi connectivity index (χ4v) is 1.91. The highest BCUT2D eigenvalue weighted by molar-refractivity contribution is 6.33. The molecule has 1 heterocycles. The summed E-state index contributed by atoms with van der Waals surface area (Å²) >= 11 is 6.14. The summed E-state index contributed by atoms with van der Waals surface area (Å²) in [5.74, 6) is 0. The van der Waals surface area contributed by atoms with Crippen molar-refractivity contribution < 1.29 is 5.11 Å². The Morgan fingerprint density at radius 2 is 2.12 bits per heavy atom. The van der Waals surface area contributed by atoms with E-state index in [4.69, 9.17) is 22.4 Å². The number of aromatic nitrogens is 3. The molecule has 1 aromatic carbocycles. The fourth-order valence-electron chi connectivity index (χ4n) is 1.69. The van der Waals surface area contributed by atoms with Crippen LogP contribution in [0, 0.1) is 0 Å². The van der Waals surface area contributed by atoms with Crippen LogP contribution in [-0.2, 0) is 13.1 Å². The minimum absolute atomic E-state index is 0.00910. The van der Waals surface area contributed by atoms with Crippen LogP contribution in [0.5, 0.6) is 0 Å². The van der Waals surface area contributed by atoms with Crippen LogP contribution in [0.4, 0.5) is 0 Å². The predicted octanol–water partition coefficient (Wildman–Crippen LogP) is 1.05. The van der Waals surface area contributed by atoms with Crippen LogP contribution in [0.2, 0.25) is 5.02 Å². The van der Waals surface area contributed by atoms with Crippen molar-refractivity contribution in [2.45, 2.75) is 13.1 Å². The van der Waals surface area contributed by atoms with E-state index in [1.807, 2.05) is 18.2 Å². The number of aliphatic hydroxyl groups is 1. The first-order valence-electron chi connectivity index (χ1n) is 5.26. The summed E-state index contributed by atoms with van der Waals surface area (Å²) in [4.78, 5) is 0. The van der Waals surface area contributed by atoms with Crippen molar-refractivity contribution in [3.8, 4) is 11.3 Å². The Kier molecular flexibility index (Phi) is 3.73. The van der Waals surface area contributed by atoms with Crippen molar-refractivity contribution in [2.75, 3.05) is 6.61 Å². The first kappa shape index (κ1) is 12.0. The van der Waals surface area contributed by atoms with Crippen LogP contribution < -0.4 is 5.73 Å². The van der Waals surface area contributed by atoms with Crippen LogP contribution in [0.3, 0.4) is 0 Å². The molecular weight excluding hydrogens is 240 g/mol. The fraction of sp³-hybridized carbons (Fsp3) is 0.273. The highest BCUT2D eigenvalue weighted by Gasteiger charge is 2.15. The standard InChI is InChI=1S/C11H13ClN4O/c12-9-4-2-1-3-8(9)11-10(7-13)14-15-16(11)5-6-17/h1-4,17H,5-7,13H2. The highest BCUT2D eigenvalue weighted by atomic mass is 35.5. The normalized spacial score (nSPS) is 10.8. The molecule has 0 saturated carbocycles. The molecule has 0 spiro atoms. The Balaban J connectivity index is 2.56. The number of rotatable bonds is 4. The number of aliphatic hydroxyl groups excluding tert-OH is 1. The molecule has 0 fully saturated rings. The lowest BCUT2D eigenvalue weighted by molar-refractivity contribution is 0.269. The van der Waals surface area contributed by atoms with Crippen LogP contribution in [-0.4, -0.2) is 26.7 Å². The molecule has 1 aromatic heterocycles. The van der Waals surface area contributed by atoms with E-state index in [1.165, 1.54) is 0 Å². The summed E-state index contributed by atoms with van der Waals surface area (Å²) < 4.78 is 1.61. The van der Waals surface area contributed by atoms with Crippen LogP contribution in [0.1, 0.15) is 5.69 Å². The molecule has 0 bridgehead atoms. The maximum atomic E-state index is 8.99. The zero-order valence-electron chi connectivity index (χ0n) is 9.17. The largest absolute Gasteiger partial charge is 0.394 e. The van der Waals surface area contributed by atoms with Gasteiger partial charge >= 0.3 is 0 Å². The molecule has 5 nitrogen and oxygen atoms in total. The van der Waals surface area contributed by atoms with Crippen LogP contribution in [0.25, 0.3) is 11.3 Å². The van der Waals surface area contributed by atoms with E-state index in [9.17, 15) is 0 Å². The van der Waals surface area contributed by atoms with Crippen molar-refractivity contribution in [3.05, 3.63) is 35.0 Å². The molecule has 2 aromatic rings.